The molecular formula is C20H22N2O5S. The number of rotatable bonds is 9. The molecule has 0 spiro atoms. The Hall–Kier alpha value is -3.13. The number of ether oxygens (including phenoxy) is 2. The molecule has 148 valence electrons. The van der Waals surface area contributed by atoms with Crippen LogP contribution in [0.2, 0.25) is 0 Å². The second-order valence-electron chi connectivity index (χ2n) is 5.64. The average molecular weight is 402 g/mol. The molecule has 0 bridgehead atoms. The lowest BCUT2D eigenvalue weighted by Gasteiger charge is -2.08. The number of carbonyl (C=O) groups excluding carboxylic acids is 3. The highest BCUT2D eigenvalue weighted by atomic mass is 32.1. The van der Waals surface area contributed by atoms with E-state index in [1.165, 1.54) is 6.08 Å². The highest BCUT2D eigenvalue weighted by Gasteiger charge is 2.27. The number of amides is 1. The topological polar surface area (TPSA) is 93.7 Å². The molecular weight excluding hydrogens is 380 g/mol. The maximum Gasteiger partial charge on any atom is 0.348 e. The lowest BCUT2D eigenvalue weighted by Crippen LogP contribution is -2.22. The minimum Gasteiger partial charge on any atom is -0.462 e. The maximum absolute atomic E-state index is 12.3. The lowest BCUT2D eigenvalue weighted by atomic mass is 10.1. The van der Waals surface area contributed by atoms with Crippen LogP contribution in [0.25, 0.3) is 0 Å². The first-order chi connectivity index (χ1) is 13.5. The van der Waals surface area contributed by atoms with Crippen molar-refractivity contribution in [2.24, 2.45) is 0 Å². The van der Waals surface area contributed by atoms with Crippen molar-refractivity contribution in [2.45, 2.75) is 13.8 Å². The fourth-order valence-corrected chi connectivity index (χ4v) is 3.46. The van der Waals surface area contributed by atoms with Gasteiger partial charge in [0.25, 0.3) is 0 Å². The first-order valence-electron chi connectivity index (χ1n) is 8.65. The molecule has 8 heteroatoms. The average Bonchev–Trinajstić information content (AvgIpc) is 3.01. The normalized spacial score (nSPS) is 10.1. The fourth-order valence-electron chi connectivity index (χ4n) is 2.35. The molecule has 0 saturated carbocycles. The fraction of sp³-hybridized carbons (Fsp3) is 0.250. The number of anilines is 2. The van der Waals surface area contributed by atoms with Crippen molar-refractivity contribution in [2.75, 3.05) is 30.4 Å². The van der Waals surface area contributed by atoms with Crippen LogP contribution in [0.1, 0.15) is 32.5 Å². The van der Waals surface area contributed by atoms with Crippen molar-refractivity contribution in [3.05, 3.63) is 59.0 Å². The quantitative estimate of drug-likeness (QED) is 0.491. The SMILES string of the molecule is C=CCOC(=O)c1sc(NC(=O)CNc2ccccc2)c(C(=O)OCC)c1C. The summed E-state index contributed by atoms with van der Waals surface area (Å²) in [4.78, 5) is 37.1. The van der Waals surface area contributed by atoms with Crippen LogP contribution in [-0.2, 0) is 14.3 Å². The van der Waals surface area contributed by atoms with Crippen LogP contribution in [0.4, 0.5) is 10.7 Å². The van der Waals surface area contributed by atoms with Gasteiger partial charge in [-0.15, -0.1) is 11.3 Å². The number of hydrogen-bond donors (Lipinski definition) is 2. The summed E-state index contributed by atoms with van der Waals surface area (Å²) in [6.45, 7) is 7.02. The van der Waals surface area contributed by atoms with Gasteiger partial charge in [-0.05, 0) is 31.5 Å². The first kappa shape index (κ1) is 21.2. The van der Waals surface area contributed by atoms with E-state index < -0.39 is 11.9 Å². The first-order valence-corrected chi connectivity index (χ1v) is 9.46. The molecule has 1 aromatic carbocycles. The molecule has 7 nitrogen and oxygen atoms in total. The van der Waals surface area contributed by atoms with E-state index in [0.29, 0.717) is 5.56 Å². The van der Waals surface area contributed by atoms with Crippen LogP contribution in [0, 0.1) is 6.92 Å². The van der Waals surface area contributed by atoms with Crippen molar-refractivity contribution in [1.82, 2.24) is 0 Å². The van der Waals surface area contributed by atoms with Gasteiger partial charge in [-0.1, -0.05) is 30.9 Å². The highest BCUT2D eigenvalue weighted by molar-refractivity contribution is 7.18. The molecule has 1 amide bonds. The minimum absolute atomic E-state index is 0.000526. The van der Waals surface area contributed by atoms with E-state index in [0.717, 1.165) is 17.0 Å². The standard InChI is InChI=1S/C20H22N2O5S/c1-4-11-27-20(25)17-13(3)16(19(24)26-5-2)18(28-17)22-15(23)12-21-14-9-7-6-8-10-14/h4,6-10,21H,1,5,11-12H2,2-3H3,(H,22,23). The Labute approximate surface area is 167 Å². The molecule has 0 fully saturated rings. The molecule has 0 radical (unpaired) electrons. The van der Waals surface area contributed by atoms with E-state index in [1.54, 1.807) is 13.8 Å². The number of thiophene rings is 1. The summed E-state index contributed by atoms with van der Waals surface area (Å²) in [6, 6.07) is 9.24. The van der Waals surface area contributed by atoms with Crippen LogP contribution in [-0.4, -0.2) is 37.6 Å². The molecule has 1 aromatic heterocycles. The van der Waals surface area contributed by atoms with E-state index >= 15 is 0 Å². The van der Waals surface area contributed by atoms with Crippen LogP contribution < -0.4 is 10.6 Å². The molecule has 2 rings (SSSR count). The molecule has 0 saturated heterocycles. The van der Waals surface area contributed by atoms with Crippen molar-refractivity contribution < 1.29 is 23.9 Å². The molecule has 0 atom stereocenters. The summed E-state index contributed by atoms with van der Waals surface area (Å²) < 4.78 is 10.1. The van der Waals surface area contributed by atoms with Gasteiger partial charge >= 0.3 is 11.9 Å². The predicted octanol–water partition coefficient (Wildman–Crippen LogP) is 3.63. The Morgan fingerprint density at radius 3 is 2.50 bits per heavy atom. The van der Waals surface area contributed by atoms with Crippen molar-refractivity contribution >= 4 is 39.9 Å². The monoisotopic (exact) mass is 402 g/mol. The van der Waals surface area contributed by atoms with Gasteiger partial charge in [-0.2, -0.15) is 0 Å². The van der Waals surface area contributed by atoms with Crippen molar-refractivity contribution in [1.29, 1.82) is 0 Å². The second-order valence-corrected chi connectivity index (χ2v) is 6.66. The van der Waals surface area contributed by atoms with Crippen LogP contribution in [0.3, 0.4) is 0 Å². The van der Waals surface area contributed by atoms with E-state index in [2.05, 4.69) is 17.2 Å². The van der Waals surface area contributed by atoms with Crippen LogP contribution in [0.15, 0.2) is 43.0 Å². The van der Waals surface area contributed by atoms with Crippen LogP contribution >= 0.6 is 11.3 Å². The molecule has 0 aliphatic rings. The molecule has 0 aliphatic carbocycles. The number of para-hydroxylation sites is 1. The Bertz CT molecular complexity index is 861. The molecule has 1 heterocycles. The molecule has 0 unspecified atom stereocenters. The summed E-state index contributed by atoms with van der Waals surface area (Å²) in [6.07, 6.45) is 1.45. The van der Waals surface area contributed by atoms with Gasteiger partial charge in [-0.3, -0.25) is 4.79 Å². The van der Waals surface area contributed by atoms with E-state index in [9.17, 15) is 14.4 Å². The number of hydrogen-bond acceptors (Lipinski definition) is 7. The van der Waals surface area contributed by atoms with Gasteiger partial charge in [0.1, 0.15) is 16.5 Å². The van der Waals surface area contributed by atoms with Gasteiger partial charge in [0.2, 0.25) is 5.91 Å². The number of benzene rings is 1. The van der Waals surface area contributed by atoms with E-state index in [-0.39, 0.29) is 41.1 Å². The number of nitrogens with one attached hydrogen (secondary N) is 2. The smallest absolute Gasteiger partial charge is 0.348 e. The molecule has 0 aliphatic heterocycles. The van der Waals surface area contributed by atoms with Crippen molar-refractivity contribution in [3.63, 3.8) is 0 Å². The number of esters is 2. The van der Waals surface area contributed by atoms with Crippen LogP contribution in [0.5, 0.6) is 0 Å². The Morgan fingerprint density at radius 1 is 1.14 bits per heavy atom. The largest absolute Gasteiger partial charge is 0.462 e. The third-order valence-electron chi connectivity index (χ3n) is 3.62. The van der Waals surface area contributed by atoms with Gasteiger partial charge in [-0.25, -0.2) is 9.59 Å². The minimum atomic E-state index is -0.606. The molecule has 2 aromatic rings. The van der Waals surface area contributed by atoms with Gasteiger partial charge in [0.05, 0.1) is 18.7 Å². The number of carbonyl (C=O) groups is 3. The van der Waals surface area contributed by atoms with Gasteiger partial charge in [0, 0.05) is 5.69 Å². The Balaban J connectivity index is 2.20. The summed E-state index contributed by atoms with van der Waals surface area (Å²) in [7, 11) is 0. The van der Waals surface area contributed by atoms with Gasteiger partial charge in [0.15, 0.2) is 0 Å². The Kier molecular flexibility index (Phi) is 7.76. The summed E-state index contributed by atoms with van der Waals surface area (Å²) in [5, 5.41) is 5.92. The van der Waals surface area contributed by atoms with Gasteiger partial charge < -0.3 is 20.1 Å². The molecule has 2 N–H and O–H groups in total. The second kappa shape index (κ2) is 10.3. The zero-order valence-corrected chi connectivity index (χ0v) is 16.6. The summed E-state index contributed by atoms with van der Waals surface area (Å²) in [5.41, 5.74) is 1.36. The predicted molar refractivity (Wildman–Crippen MR) is 109 cm³/mol. The maximum atomic E-state index is 12.3. The Morgan fingerprint density at radius 2 is 1.86 bits per heavy atom. The third-order valence-corrected chi connectivity index (χ3v) is 4.81. The lowest BCUT2D eigenvalue weighted by molar-refractivity contribution is -0.114. The zero-order valence-electron chi connectivity index (χ0n) is 15.7. The zero-order chi connectivity index (χ0) is 20.5. The summed E-state index contributed by atoms with van der Waals surface area (Å²) in [5.74, 6) is -1.55. The van der Waals surface area contributed by atoms with E-state index in [4.69, 9.17) is 9.47 Å². The summed E-state index contributed by atoms with van der Waals surface area (Å²) >= 11 is 0.979. The third kappa shape index (κ3) is 5.43. The highest BCUT2D eigenvalue weighted by Crippen LogP contribution is 2.34. The van der Waals surface area contributed by atoms with Crippen molar-refractivity contribution in [3.8, 4) is 0 Å². The molecule has 28 heavy (non-hydrogen) atoms. The van der Waals surface area contributed by atoms with E-state index in [1.807, 2.05) is 30.3 Å².